The number of rotatable bonds is 6. The second-order valence-corrected chi connectivity index (χ2v) is 7.01. The Balaban J connectivity index is 1.36. The van der Waals surface area contributed by atoms with Gasteiger partial charge < -0.3 is 9.72 Å². The molecule has 4 nitrogen and oxygen atoms in total. The van der Waals surface area contributed by atoms with Crippen molar-refractivity contribution in [3.8, 4) is 11.3 Å². The monoisotopic (exact) mass is 369 g/mol. The standard InChI is InChI=1S/C24H23N3O/c1-18-7-6-16-27-17-22(26-24(18)27)20-12-14-21(15-13-20)25-23(28)11-5-10-19-8-3-2-4-9-19/h2-4,6-9,12-17H,5,10-11H2,1H3,(H,25,28). The van der Waals surface area contributed by atoms with Crippen LogP contribution in [-0.2, 0) is 11.2 Å². The molecule has 4 rings (SSSR count). The zero-order valence-electron chi connectivity index (χ0n) is 15.9. The molecular formula is C24H23N3O. The lowest BCUT2D eigenvalue weighted by molar-refractivity contribution is -0.116. The van der Waals surface area contributed by atoms with Crippen molar-refractivity contribution in [3.05, 3.63) is 90.3 Å². The number of fused-ring (bicyclic) bond motifs is 1. The van der Waals surface area contributed by atoms with E-state index in [1.807, 2.05) is 65.3 Å². The number of benzene rings is 2. The first-order chi connectivity index (χ1) is 13.7. The van der Waals surface area contributed by atoms with E-state index in [4.69, 9.17) is 4.98 Å². The zero-order chi connectivity index (χ0) is 19.3. The third kappa shape index (κ3) is 4.12. The molecule has 0 unspecified atom stereocenters. The van der Waals surface area contributed by atoms with Gasteiger partial charge in [0.15, 0.2) is 0 Å². The summed E-state index contributed by atoms with van der Waals surface area (Å²) in [6.07, 6.45) is 6.31. The SMILES string of the molecule is Cc1cccn2cc(-c3ccc(NC(=O)CCCc4ccccc4)cc3)nc12. The summed E-state index contributed by atoms with van der Waals surface area (Å²) < 4.78 is 2.03. The van der Waals surface area contributed by atoms with Crippen LogP contribution < -0.4 is 5.32 Å². The molecular weight excluding hydrogens is 346 g/mol. The van der Waals surface area contributed by atoms with E-state index in [2.05, 4.69) is 30.4 Å². The molecule has 2 heterocycles. The van der Waals surface area contributed by atoms with E-state index < -0.39 is 0 Å². The number of hydrogen-bond acceptors (Lipinski definition) is 2. The van der Waals surface area contributed by atoms with Crippen molar-refractivity contribution >= 4 is 17.2 Å². The zero-order valence-corrected chi connectivity index (χ0v) is 15.9. The Bertz CT molecular complexity index is 1080. The number of hydrogen-bond donors (Lipinski definition) is 1. The van der Waals surface area contributed by atoms with Gasteiger partial charge in [0.05, 0.1) is 5.69 Å². The van der Waals surface area contributed by atoms with Crippen molar-refractivity contribution in [2.75, 3.05) is 5.32 Å². The minimum absolute atomic E-state index is 0.0482. The molecule has 0 spiro atoms. The minimum atomic E-state index is 0.0482. The van der Waals surface area contributed by atoms with Gasteiger partial charge in [0.25, 0.3) is 0 Å². The van der Waals surface area contributed by atoms with Crippen LogP contribution in [0.5, 0.6) is 0 Å². The fourth-order valence-electron chi connectivity index (χ4n) is 3.34. The lowest BCUT2D eigenvalue weighted by Crippen LogP contribution is -2.11. The predicted molar refractivity (Wildman–Crippen MR) is 113 cm³/mol. The van der Waals surface area contributed by atoms with Gasteiger partial charge >= 0.3 is 0 Å². The van der Waals surface area contributed by atoms with Crippen LogP contribution in [0.1, 0.15) is 24.0 Å². The topological polar surface area (TPSA) is 46.4 Å². The van der Waals surface area contributed by atoms with Crippen molar-refractivity contribution in [2.24, 2.45) is 0 Å². The van der Waals surface area contributed by atoms with Gasteiger partial charge in [-0.25, -0.2) is 4.98 Å². The van der Waals surface area contributed by atoms with Crippen LogP contribution in [0.25, 0.3) is 16.9 Å². The number of carbonyl (C=O) groups excluding carboxylic acids is 1. The maximum Gasteiger partial charge on any atom is 0.224 e. The molecule has 140 valence electrons. The molecule has 0 saturated carbocycles. The highest BCUT2D eigenvalue weighted by Crippen LogP contribution is 2.22. The molecule has 1 N–H and O–H groups in total. The maximum absolute atomic E-state index is 12.2. The Morgan fingerprint density at radius 1 is 1.00 bits per heavy atom. The van der Waals surface area contributed by atoms with E-state index in [1.54, 1.807) is 0 Å². The molecule has 0 radical (unpaired) electrons. The number of pyridine rings is 1. The molecule has 1 amide bonds. The van der Waals surface area contributed by atoms with Crippen LogP contribution in [0.3, 0.4) is 0 Å². The summed E-state index contributed by atoms with van der Waals surface area (Å²) in [5.74, 6) is 0.0482. The number of nitrogens with one attached hydrogen (secondary N) is 1. The molecule has 0 saturated heterocycles. The van der Waals surface area contributed by atoms with Gasteiger partial charge in [-0.1, -0.05) is 48.5 Å². The average Bonchev–Trinajstić information content (AvgIpc) is 3.15. The van der Waals surface area contributed by atoms with Crippen LogP contribution in [-0.4, -0.2) is 15.3 Å². The fourth-order valence-corrected chi connectivity index (χ4v) is 3.34. The average molecular weight is 369 g/mol. The molecule has 2 aromatic carbocycles. The van der Waals surface area contributed by atoms with E-state index >= 15 is 0 Å². The van der Waals surface area contributed by atoms with Crippen molar-refractivity contribution < 1.29 is 4.79 Å². The summed E-state index contributed by atoms with van der Waals surface area (Å²) in [5, 5.41) is 2.98. The van der Waals surface area contributed by atoms with Gasteiger partial charge in [-0.05, 0) is 49.1 Å². The third-order valence-electron chi connectivity index (χ3n) is 4.85. The molecule has 0 atom stereocenters. The Labute approximate surface area is 164 Å². The van der Waals surface area contributed by atoms with Gasteiger partial charge in [0.1, 0.15) is 5.65 Å². The molecule has 4 aromatic rings. The summed E-state index contributed by atoms with van der Waals surface area (Å²) in [6, 6.07) is 22.2. The minimum Gasteiger partial charge on any atom is -0.326 e. The number of anilines is 1. The van der Waals surface area contributed by atoms with Crippen LogP contribution >= 0.6 is 0 Å². The van der Waals surface area contributed by atoms with Crippen molar-refractivity contribution in [2.45, 2.75) is 26.2 Å². The number of nitrogens with zero attached hydrogens (tertiary/aromatic N) is 2. The van der Waals surface area contributed by atoms with Crippen LogP contribution in [0.15, 0.2) is 79.1 Å². The first-order valence-electron chi connectivity index (χ1n) is 9.57. The summed E-state index contributed by atoms with van der Waals surface area (Å²) in [7, 11) is 0. The van der Waals surface area contributed by atoms with Crippen LogP contribution in [0, 0.1) is 6.92 Å². The number of aryl methyl sites for hydroxylation is 2. The smallest absolute Gasteiger partial charge is 0.224 e. The summed E-state index contributed by atoms with van der Waals surface area (Å²) in [4.78, 5) is 16.9. The Morgan fingerprint density at radius 3 is 2.54 bits per heavy atom. The highest BCUT2D eigenvalue weighted by atomic mass is 16.1. The van der Waals surface area contributed by atoms with Crippen LogP contribution in [0.4, 0.5) is 5.69 Å². The number of amides is 1. The van der Waals surface area contributed by atoms with E-state index in [-0.39, 0.29) is 5.91 Å². The van der Waals surface area contributed by atoms with E-state index in [0.29, 0.717) is 6.42 Å². The first kappa shape index (κ1) is 18.0. The number of aromatic nitrogens is 2. The highest BCUT2D eigenvalue weighted by Gasteiger charge is 2.07. The van der Waals surface area contributed by atoms with Crippen molar-refractivity contribution in [1.29, 1.82) is 0 Å². The summed E-state index contributed by atoms with van der Waals surface area (Å²) in [5.41, 5.74) is 6.15. The molecule has 2 aromatic heterocycles. The largest absolute Gasteiger partial charge is 0.326 e. The third-order valence-corrected chi connectivity index (χ3v) is 4.85. The molecule has 0 aliphatic rings. The Kier molecular flexibility index (Phi) is 5.20. The molecule has 0 bridgehead atoms. The van der Waals surface area contributed by atoms with Gasteiger partial charge in [-0.3, -0.25) is 4.79 Å². The molecule has 0 aliphatic heterocycles. The summed E-state index contributed by atoms with van der Waals surface area (Å²) in [6.45, 7) is 2.06. The Morgan fingerprint density at radius 2 is 1.79 bits per heavy atom. The fraction of sp³-hybridized carbons (Fsp3) is 0.167. The summed E-state index contributed by atoms with van der Waals surface area (Å²) >= 11 is 0. The van der Waals surface area contributed by atoms with Gasteiger partial charge in [-0.2, -0.15) is 0 Å². The Hall–Kier alpha value is -3.40. The number of imidazole rings is 1. The maximum atomic E-state index is 12.2. The van der Waals surface area contributed by atoms with E-state index in [0.717, 1.165) is 41.0 Å². The van der Waals surface area contributed by atoms with Crippen molar-refractivity contribution in [1.82, 2.24) is 9.38 Å². The van der Waals surface area contributed by atoms with Gasteiger partial charge in [-0.15, -0.1) is 0 Å². The highest BCUT2D eigenvalue weighted by molar-refractivity contribution is 5.90. The number of carbonyl (C=O) groups is 1. The predicted octanol–water partition coefficient (Wildman–Crippen LogP) is 5.27. The molecule has 0 fully saturated rings. The lowest BCUT2D eigenvalue weighted by Gasteiger charge is -2.06. The first-order valence-corrected chi connectivity index (χ1v) is 9.57. The van der Waals surface area contributed by atoms with Gasteiger partial charge in [0, 0.05) is 30.1 Å². The van der Waals surface area contributed by atoms with Gasteiger partial charge in [0.2, 0.25) is 5.91 Å². The van der Waals surface area contributed by atoms with Crippen molar-refractivity contribution in [3.63, 3.8) is 0 Å². The van der Waals surface area contributed by atoms with E-state index in [1.165, 1.54) is 5.56 Å². The molecule has 4 heteroatoms. The molecule has 28 heavy (non-hydrogen) atoms. The normalized spacial score (nSPS) is 10.9. The van der Waals surface area contributed by atoms with E-state index in [9.17, 15) is 4.79 Å². The van der Waals surface area contributed by atoms with Crippen LogP contribution in [0.2, 0.25) is 0 Å². The second kappa shape index (κ2) is 8.09. The lowest BCUT2D eigenvalue weighted by atomic mass is 10.1. The second-order valence-electron chi connectivity index (χ2n) is 7.01. The molecule has 0 aliphatic carbocycles. The quantitative estimate of drug-likeness (QED) is 0.503.